The molecule has 0 amide bonds. The van der Waals surface area contributed by atoms with Crippen molar-refractivity contribution >= 4 is 21.6 Å². The molecule has 1 aliphatic heterocycles. The molecule has 0 bridgehead atoms. The second kappa shape index (κ2) is 9.82. The standard InChI is InChI=1S/C26H31ClN4O2S/c1-30-18-28-16-26(30)34(32,33)29-9-8-19-6-7-21-15-22(17-31-10-3-11-31)25(24(21)13-19)14-20-4-2-5-23(27)12-20/h2,4-7,12-13,16,18,22,25,29H,3,8-11,14-15,17H2,1H3. The minimum Gasteiger partial charge on any atom is -0.324 e. The normalized spacial score (nSPS) is 20.3. The van der Waals surface area contributed by atoms with Crippen LogP contribution in [0.5, 0.6) is 0 Å². The first-order valence-electron chi connectivity index (χ1n) is 11.9. The third kappa shape index (κ3) is 5.08. The van der Waals surface area contributed by atoms with Gasteiger partial charge in [0, 0.05) is 25.2 Å². The monoisotopic (exact) mass is 498 g/mol. The topological polar surface area (TPSA) is 67.2 Å². The molecular formula is C26H31ClN4O2S. The quantitative estimate of drug-likeness (QED) is 0.487. The van der Waals surface area contributed by atoms with E-state index in [4.69, 9.17) is 11.6 Å². The van der Waals surface area contributed by atoms with Gasteiger partial charge in [-0.15, -0.1) is 0 Å². The highest BCUT2D eigenvalue weighted by Gasteiger charge is 2.34. The van der Waals surface area contributed by atoms with Gasteiger partial charge in [-0.3, -0.25) is 0 Å². The molecule has 0 radical (unpaired) electrons. The van der Waals surface area contributed by atoms with Gasteiger partial charge in [0.25, 0.3) is 10.0 Å². The zero-order chi connectivity index (χ0) is 23.7. The van der Waals surface area contributed by atoms with Crippen LogP contribution in [0.4, 0.5) is 0 Å². The van der Waals surface area contributed by atoms with Crippen LogP contribution in [-0.2, 0) is 36.3 Å². The number of fused-ring (bicyclic) bond motifs is 1. The molecule has 8 heteroatoms. The molecule has 1 aliphatic carbocycles. The van der Waals surface area contributed by atoms with E-state index < -0.39 is 10.0 Å². The first kappa shape index (κ1) is 23.5. The predicted molar refractivity (Wildman–Crippen MR) is 135 cm³/mol. The number of halogens is 1. The highest BCUT2D eigenvalue weighted by molar-refractivity contribution is 7.89. The van der Waals surface area contributed by atoms with Gasteiger partial charge < -0.3 is 9.47 Å². The number of aryl methyl sites for hydroxylation is 1. The predicted octanol–water partition coefficient (Wildman–Crippen LogP) is 3.80. The summed E-state index contributed by atoms with van der Waals surface area (Å²) in [6, 6.07) is 14.9. The molecule has 6 nitrogen and oxygen atoms in total. The van der Waals surface area contributed by atoms with Crippen molar-refractivity contribution in [2.75, 3.05) is 26.2 Å². The molecule has 3 aromatic rings. The van der Waals surface area contributed by atoms with E-state index in [2.05, 4.69) is 44.9 Å². The van der Waals surface area contributed by atoms with Crippen LogP contribution in [0.25, 0.3) is 0 Å². The van der Waals surface area contributed by atoms with E-state index in [0.29, 0.717) is 24.8 Å². The molecule has 5 rings (SSSR count). The molecule has 1 N–H and O–H groups in total. The van der Waals surface area contributed by atoms with Crippen molar-refractivity contribution in [3.63, 3.8) is 0 Å². The Morgan fingerprint density at radius 2 is 2.00 bits per heavy atom. The summed E-state index contributed by atoms with van der Waals surface area (Å²) < 4.78 is 29.4. The molecule has 2 aromatic carbocycles. The molecule has 0 saturated carbocycles. The van der Waals surface area contributed by atoms with Crippen LogP contribution in [0.15, 0.2) is 60.0 Å². The van der Waals surface area contributed by atoms with E-state index in [0.717, 1.165) is 30.0 Å². The van der Waals surface area contributed by atoms with Gasteiger partial charge in [-0.2, -0.15) is 0 Å². The summed E-state index contributed by atoms with van der Waals surface area (Å²) in [4.78, 5) is 6.48. The maximum atomic E-state index is 12.6. The summed E-state index contributed by atoms with van der Waals surface area (Å²) >= 11 is 6.28. The number of imidazole rings is 1. The van der Waals surface area contributed by atoms with Crippen LogP contribution in [0.2, 0.25) is 5.02 Å². The van der Waals surface area contributed by atoms with Crippen LogP contribution in [-0.4, -0.2) is 49.0 Å². The Morgan fingerprint density at radius 3 is 2.71 bits per heavy atom. The average Bonchev–Trinajstić information content (AvgIpc) is 3.35. The van der Waals surface area contributed by atoms with Crippen LogP contribution in [0.1, 0.15) is 34.6 Å². The molecule has 1 saturated heterocycles. The molecule has 2 aliphatic rings. The fourth-order valence-corrected chi connectivity index (χ4v) is 6.66. The van der Waals surface area contributed by atoms with Crippen LogP contribution < -0.4 is 4.72 Å². The van der Waals surface area contributed by atoms with Gasteiger partial charge in [-0.1, -0.05) is 41.9 Å². The van der Waals surface area contributed by atoms with Gasteiger partial charge >= 0.3 is 0 Å². The zero-order valence-corrected chi connectivity index (χ0v) is 21.0. The first-order valence-corrected chi connectivity index (χ1v) is 13.8. The molecule has 2 unspecified atom stereocenters. The molecule has 0 spiro atoms. The van der Waals surface area contributed by atoms with Crippen molar-refractivity contribution in [3.8, 4) is 0 Å². The van der Waals surface area contributed by atoms with Crippen LogP contribution in [0.3, 0.4) is 0 Å². The number of hydrogen-bond acceptors (Lipinski definition) is 4. The van der Waals surface area contributed by atoms with Gasteiger partial charge in [-0.05, 0) is 85.0 Å². The van der Waals surface area contributed by atoms with Crippen molar-refractivity contribution in [2.24, 2.45) is 13.0 Å². The minimum absolute atomic E-state index is 0.178. The number of aromatic nitrogens is 2. The number of sulfonamides is 1. The van der Waals surface area contributed by atoms with E-state index in [1.165, 1.54) is 53.3 Å². The molecule has 180 valence electrons. The summed E-state index contributed by atoms with van der Waals surface area (Å²) in [7, 11) is -1.89. The van der Waals surface area contributed by atoms with E-state index in [-0.39, 0.29) is 5.03 Å². The Hall–Kier alpha value is -2.19. The zero-order valence-electron chi connectivity index (χ0n) is 19.5. The lowest BCUT2D eigenvalue weighted by Crippen LogP contribution is -2.41. The van der Waals surface area contributed by atoms with Gasteiger partial charge in [-0.25, -0.2) is 18.1 Å². The van der Waals surface area contributed by atoms with E-state index >= 15 is 0 Å². The average molecular weight is 499 g/mol. The van der Waals surface area contributed by atoms with Gasteiger partial charge in [0.05, 0.1) is 12.5 Å². The number of benzene rings is 2. The Morgan fingerprint density at radius 1 is 1.15 bits per heavy atom. The van der Waals surface area contributed by atoms with Crippen molar-refractivity contribution < 1.29 is 8.42 Å². The van der Waals surface area contributed by atoms with Gasteiger partial charge in [0.15, 0.2) is 5.03 Å². The molecule has 2 atom stereocenters. The Balaban J connectivity index is 1.31. The van der Waals surface area contributed by atoms with Crippen LogP contribution in [0, 0.1) is 5.92 Å². The van der Waals surface area contributed by atoms with E-state index in [1.54, 1.807) is 7.05 Å². The Kier molecular flexibility index (Phi) is 6.80. The SMILES string of the molecule is Cn1cncc1S(=O)(=O)NCCc1ccc2c(c1)C(Cc1cccc(Cl)c1)C(CN1CCC1)C2. The molecule has 34 heavy (non-hydrogen) atoms. The maximum Gasteiger partial charge on any atom is 0.257 e. The highest BCUT2D eigenvalue weighted by atomic mass is 35.5. The molecule has 2 heterocycles. The molecule has 1 aromatic heterocycles. The first-order chi connectivity index (χ1) is 16.4. The lowest BCUT2D eigenvalue weighted by molar-refractivity contribution is 0.145. The summed E-state index contributed by atoms with van der Waals surface area (Å²) in [5.74, 6) is 1.04. The van der Waals surface area contributed by atoms with E-state index in [1.807, 2.05) is 12.1 Å². The second-order valence-corrected chi connectivity index (χ2v) is 11.7. The fraction of sp³-hybridized carbons (Fsp3) is 0.423. The number of hydrogen-bond donors (Lipinski definition) is 1. The van der Waals surface area contributed by atoms with Crippen molar-refractivity contribution in [1.82, 2.24) is 19.2 Å². The number of rotatable bonds is 9. The van der Waals surface area contributed by atoms with Crippen LogP contribution >= 0.6 is 11.6 Å². The smallest absolute Gasteiger partial charge is 0.257 e. The second-order valence-electron chi connectivity index (χ2n) is 9.58. The Labute approximate surface area is 207 Å². The molecule has 1 fully saturated rings. The lowest BCUT2D eigenvalue weighted by atomic mass is 9.85. The fourth-order valence-electron chi connectivity index (χ4n) is 5.30. The third-order valence-corrected chi connectivity index (χ3v) is 8.96. The summed E-state index contributed by atoms with van der Waals surface area (Å²) in [6.07, 6.45) is 6.89. The summed E-state index contributed by atoms with van der Waals surface area (Å²) in [6.45, 7) is 3.90. The number of nitrogens with zero attached hydrogens (tertiary/aromatic N) is 3. The third-order valence-electron chi connectivity index (χ3n) is 7.20. The van der Waals surface area contributed by atoms with Gasteiger partial charge in [0.1, 0.15) is 0 Å². The molecular weight excluding hydrogens is 468 g/mol. The lowest BCUT2D eigenvalue weighted by Gasteiger charge is -2.35. The maximum absolute atomic E-state index is 12.6. The van der Waals surface area contributed by atoms with Crippen molar-refractivity contribution in [1.29, 1.82) is 0 Å². The minimum atomic E-state index is -3.57. The van der Waals surface area contributed by atoms with Crippen molar-refractivity contribution in [3.05, 3.63) is 82.3 Å². The van der Waals surface area contributed by atoms with Crippen molar-refractivity contribution in [2.45, 2.75) is 36.6 Å². The summed E-state index contributed by atoms with van der Waals surface area (Å²) in [5, 5.41) is 0.960. The van der Waals surface area contributed by atoms with E-state index in [9.17, 15) is 8.42 Å². The number of nitrogens with one attached hydrogen (secondary N) is 1. The number of likely N-dealkylation sites (tertiary alicyclic amines) is 1. The Bertz CT molecular complexity index is 1270. The largest absolute Gasteiger partial charge is 0.324 e. The van der Waals surface area contributed by atoms with Gasteiger partial charge in [0.2, 0.25) is 0 Å². The highest BCUT2D eigenvalue weighted by Crippen LogP contribution is 2.41. The summed E-state index contributed by atoms with van der Waals surface area (Å²) in [5.41, 5.74) is 5.27.